The molecule has 0 aliphatic carbocycles. The molecule has 0 atom stereocenters. The Balaban J connectivity index is 1.47. The highest BCUT2D eigenvalue weighted by Crippen LogP contribution is 2.27. The number of benzene rings is 2. The maximum absolute atomic E-state index is 12.9. The number of aromatic nitrogens is 2. The lowest BCUT2D eigenvalue weighted by atomic mass is 10.2. The number of anilines is 1. The van der Waals surface area contributed by atoms with Gasteiger partial charge in [-0.15, -0.1) is 11.3 Å². The van der Waals surface area contributed by atoms with Crippen LogP contribution in [-0.2, 0) is 6.61 Å². The zero-order valence-corrected chi connectivity index (χ0v) is 15.9. The zero-order valence-electron chi connectivity index (χ0n) is 14.4. The number of carbonyl (C=O) groups excluding carboxylic acids is 1. The molecular formula is C20H13ClFN3O2S. The fourth-order valence-electron chi connectivity index (χ4n) is 2.59. The van der Waals surface area contributed by atoms with Crippen molar-refractivity contribution in [1.29, 1.82) is 0 Å². The average molecular weight is 414 g/mol. The quantitative estimate of drug-likeness (QED) is 0.481. The van der Waals surface area contributed by atoms with E-state index < -0.39 is 0 Å². The van der Waals surface area contributed by atoms with E-state index in [0.29, 0.717) is 27.0 Å². The smallest absolute Gasteiger partial charge is 0.275 e. The van der Waals surface area contributed by atoms with E-state index in [1.807, 2.05) is 6.07 Å². The van der Waals surface area contributed by atoms with Gasteiger partial charge in [-0.2, -0.15) is 0 Å². The second-order valence-corrected chi connectivity index (χ2v) is 7.23. The van der Waals surface area contributed by atoms with E-state index in [-0.39, 0.29) is 24.0 Å². The summed E-state index contributed by atoms with van der Waals surface area (Å²) < 4.78 is 18.5. The Hall–Kier alpha value is -3.03. The van der Waals surface area contributed by atoms with Crippen LogP contribution in [0.5, 0.6) is 5.75 Å². The van der Waals surface area contributed by atoms with Crippen LogP contribution < -0.4 is 10.1 Å². The van der Waals surface area contributed by atoms with Gasteiger partial charge < -0.3 is 10.1 Å². The van der Waals surface area contributed by atoms with Gasteiger partial charge in [0.15, 0.2) is 0 Å². The molecule has 8 heteroatoms. The third-order valence-corrected chi connectivity index (χ3v) is 4.92. The average Bonchev–Trinajstić information content (AvgIpc) is 3.17. The molecule has 140 valence electrons. The van der Waals surface area contributed by atoms with Gasteiger partial charge in [0.1, 0.15) is 28.9 Å². The Morgan fingerprint density at radius 1 is 1.21 bits per heavy atom. The van der Waals surface area contributed by atoms with Crippen molar-refractivity contribution in [3.05, 3.63) is 81.6 Å². The molecule has 0 fully saturated rings. The second kappa shape index (κ2) is 7.92. The van der Waals surface area contributed by atoms with E-state index in [1.165, 1.54) is 35.6 Å². The van der Waals surface area contributed by atoms with E-state index in [4.69, 9.17) is 16.3 Å². The number of halogens is 2. The molecule has 0 saturated heterocycles. The molecule has 0 aliphatic rings. The molecular weight excluding hydrogens is 401 g/mol. The normalized spacial score (nSPS) is 10.8. The molecule has 0 unspecified atom stereocenters. The molecule has 2 aromatic heterocycles. The van der Waals surface area contributed by atoms with E-state index in [0.717, 1.165) is 5.39 Å². The number of amides is 1. The lowest BCUT2D eigenvalue weighted by molar-refractivity contribution is 0.102. The summed E-state index contributed by atoms with van der Waals surface area (Å²) in [6.07, 6.45) is 1.65. The fourth-order valence-corrected chi connectivity index (χ4v) is 3.51. The monoisotopic (exact) mass is 413 g/mol. The number of fused-ring (bicyclic) bond motifs is 1. The van der Waals surface area contributed by atoms with Crippen LogP contribution in [0.1, 0.15) is 15.5 Å². The van der Waals surface area contributed by atoms with Crippen LogP contribution in [-0.4, -0.2) is 15.9 Å². The van der Waals surface area contributed by atoms with Gasteiger partial charge in [-0.25, -0.2) is 9.37 Å². The van der Waals surface area contributed by atoms with Crippen molar-refractivity contribution in [2.24, 2.45) is 0 Å². The Morgan fingerprint density at radius 3 is 2.86 bits per heavy atom. The number of carbonyl (C=O) groups is 1. The van der Waals surface area contributed by atoms with Crippen molar-refractivity contribution < 1.29 is 13.9 Å². The van der Waals surface area contributed by atoms with Gasteiger partial charge in [0.2, 0.25) is 0 Å². The van der Waals surface area contributed by atoms with Crippen LogP contribution in [0.3, 0.4) is 0 Å². The zero-order chi connectivity index (χ0) is 19.5. The first-order valence-corrected chi connectivity index (χ1v) is 9.52. The van der Waals surface area contributed by atoms with Gasteiger partial charge in [-0.3, -0.25) is 9.78 Å². The summed E-state index contributed by atoms with van der Waals surface area (Å²) in [6.45, 7) is 0.186. The highest BCUT2D eigenvalue weighted by molar-refractivity contribution is 7.09. The highest BCUT2D eigenvalue weighted by Gasteiger charge is 2.14. The standard InChI is InChI=1S/C20H13ClFN3O2S/c21-13-8-12-2-1-7-23-19(12)16(9-13)25-20(26)17-11-28-18(24-17)10-27-15-5-3-14(22)4-6-15/h1-9,11H,10H2,(H,25,26). The minimum absolute atomic E-state index is 0.186. The van der Waals surface area contributed by atoms with E-state index in [9.17, 15) is 9.18 Å². The number of nitrogens with one attached hydrogen (secondary N) is 1. The third kappa shape index (κ3) is 4.11. The molecule has 1 N–H and O–H groups in total. The minimum atomic E-state index is -0.362. The van der Waals surface area contributed by atoms with Crippen LogP contribution in [0.15, 0.2) is 60.1 Å². The van der Waals surface area contributed by atoms with Crippen LogP contribution in [0.2, 0.25) is 5.02 Å². The molecule has 0 spiro atoms. The SMILES string of the molecule is O=C(Nc1cc(Cl)cc2cccnc12)c1csc(COc2ccc(F)cc2)n1. The molecule has 4 rings (SSSR count). The maximum Gasteiger partial charge on any atom is 0.275 e. The number of hydrogen-bond donors (Lipinski definition) is 1. The predicted molar refractivity (Wildman–Crippen MR) is 108 cm³/mol. The molecule has 1 amide bonds. The van der Waals surface area contributed by atoms with Crippen molar-refractivity contribution in [1.82, 2.24) is 9.97 Å². The largest absolute Gasteiger partial charge is 0.486 e. The molecule has 2 heterocycles. The summed E-state index contributed by atoms with van der Waals surface area (Å²) in [6, 6.07) is 12.8. The molecule has 4 aromatic rings. The number of ether oxygens (including phenoxy) is 1. The first-order chi connectivity index (χ1) is 13.6. The Morgan fingerprint density at radius 2 is 2.04 bits per heavy atom. The van der Waals surface area contributed by atoms with Crippen molar-refractivity contribution in [3.8, 4) is 5.75 Å². The summed E-state index contributed by atoms with van der Waals surface area (Å²) >= 11 is 7.44. The summed E-state index contributed by atoms with van der Waals surface area (Å²) in [5.41, 5.74) is 1.44. The first kappa shape index (κ1) is 18.3. The molecule has 5 nitrogen and oxygen atoms in total. The summed E-state index contributed by atoms with van der Waals surface area (Å²) in [7, 11) is 0. The lowest BCUT2D eigenvalue weighted by Gasteiger charge is -2.07. The van der Waals surface area contributed by atoms with E-state index in [1.54, 1.807) is 29.8 Å². The number of pyridine rings is 1. The maximum atomic E-state index is 12.9. The van der Waals surface area contributed by atoms with Gasteiger partial charge in [-0.1, -0.05) is 17.7 Å². The Bertz CT molecular complexity index is 1150. The Kier molecular flexibility index (Phi) is 5.18. The minimum Gasteiger partial charge on any atom is -0.486 e. The van der Waals surface area contributed by atoms with E-state index >= 15 is 0 Å². The molecule has 28 heavy (non-hydrogen) atoms. The first-order valence-electron chi connectivity index (χ1n) is 8.27. The topological polar surface area (TPSA) is 64.1 Å². The summed E-state index contributed by atoms with van der Waals surface area (Å²) in [5, 5.41) is 6.42. The molecule has 0 aliphatic heterocycles. The summed E-state index contributed by atoms with van der Waals surface area (Å²) in [5.74, 6) is -0.166. The van der Waals surface area contributed by atoms with Crippen molar-refractivity contribution in [3.63, 3.8) is 0 Å². The van der Waals surface area contributed by atoms with Crippen LogP contribution in [0.25, 0.3) is 10.9 Å². The van der Waals surface area contributed by atoms with Crippen molar-refractivity contribution >= 4 is 45.4 Å². The van der Waals surface area contributed by atoms with Gasteiger partial charge in [0.25, 0.3) is 5.91 Å². The third-order valence-electron chi connectivity index (χ3n) is 3.88. The fraction of sp³-hybridized carbons (Fsp3) is 0.0500. The van der Waals surface area contributed by atoms with Crippen molar-refractivity contribution in [2.45, 2.75) is 6.61 Å². The molecule has 2 aromatic carbocycles. The van der Waals surface area contributed by atoms with Crippen molar-refractivity contribution in [2.75, 3.05) is 5.32 Å². The van der Waals surface area contributed by atoms with Crippen LogP contribution >= 0.6 is 22.9 Å². The van der Waals surface area contributed by atoms with Gasteiger partial charge in [-0.05, 0) is 42.5 Å². The number of rotatable bonds is 5. The van der Waals surface area contributed by atoms with Gasteiger partial charge >= 0.3 is 0 Å². The summed E-state index contributed by atoms with van der Waals surface area (Å²) in [4.78, 5) is 21.2. The number of thiazole rings is 1. The Labute approximate surface area is 168 Å². The molecule has 0 bridgehead atoms. The molecule has 0 saturated carbocycles. The molecule has 0 radical (unpaired) electrons. The van der Waals surface area contributed by atoms with Gasteiger partial charge in [0, 0.05) is 22.0 Å². The lowest BCUT2D eigenvalue weighted by Crippen LogP contribution is -2.13. The number of nitrogens with zero attached hydrogens (tertiary/aromatic N) is 2. The van der Waals surface area contributed by atoms with E-state index in [2.05, 4.69) is 15.3 Å². The second-order valence-electron chi connectivity index (χ2n) is 5.85. The van der Waals surface area contributed by atoms with Crippen LogP contribution in [0, 0.1) is 5.82 Å². The van der Waals surface area contributed by atoms with Crippen LogP contribution in [0.4, 0.5) is 10.1 Å². The number of hydrogen-bond acceptors (Lipinski definition) is 5. The highest BCUT2D eigenvalue weighted by atomic mass is 35.5. The predicted octanol–water partition coefficient (Wildman–Crippen LogP) is 5.32. The van der Waals surface area contributed by atoms with Gasteiger partial charge in [0.05, 0.1) is 11.2 Å².